The Morgan fingerprint density at radius 1 is 1.19 bits per heavy atom. The Morgan fingerprint density at radius 3 is 2.88 bits per heavy atom. The average Bonchev–Trinajstić information content (AvgIpc) is 3.28. The Labute approximate surface area is 153 Å². The summed E-state index contributed by atoms with van der Waals surface area (Å²) in [6.45, 7) is 0.711. The molecule has 0 radical (unpaired) electrons. The van der Waals surface area contributed by atoms with Crippen LogP contribution < -0.4 is 14.8 Å². The summed E-state index contributed by atoms with van der Waals surface area (Å²) >= 11 is 1.51. The second-order valence-electron chi connectivity index (χ2n) is 6.70. The largest absolute Gasteiger partial charge is 0.454 e. The van der Waals surface area contributed by atoms with Crippen LogP contribution in [0.5, 0.6) is 11.5 Å². The van der Waals surface area contributed by atoms with Crippen LogP contribution in [-0.2, 0) is 6.54 Å². The molecule has 1 fully saturated rings. The van der Waals surface area contributed by atoms with Crippen molar-refractivity contribution in [1.82, 2.24) is 10.3 Å². The number of hydrogen-bond acceptors (Lipinski definition) is 5. The van der Waals surface area contributed by atoms with Gasteiger partial charge >= 0.3 is 6.18 Å². The van der Waals surface area contributed by atoms with E-state index in [1.165, 1.54) is 11.3 Å². The fraction of sp³-hybridized carbons (Fsp3) is 0.500. The number of ether oxygens (including phenoxy) is 2. The fourth-order valence-corrected chi connectivity index (χ4v) is 4.29. The summed E-state index contributed by atoms with van der Waals surface area (Å²) in [4.78, 5) is 4.60. The van der Waals surface area contributed by atoms with Gasteiger partial charge in [-0.05, 0) is 37.5 Å². The Kier molecular flexibility index (Phi) is 4.79. The molecule has 2 heterocycles. The van der Waals surface area contributed by atoms with E-state index in [1.807, 2.05) is 23.6 Å². The zero-order chi connectivity index (χ0) is 18.1. The van der Waals surface area contributed by atoms with Crippen molar-refractivity contribution in [3.8, 4) is 22.1 Å². The fourth-order valence-electron chi connectivity index (χ4n) is 3.47. The molecular weight excluding hydrogens is 365 g/mol. The first kappa shape index (κ1) is 17.6. The van der Waals surface area contributed by atoms with Gasteiger partial charge in [0.2, 0.25) is 6.79 Å². The van der Waals surface area contributed by atoms with Crippen LogP contribution in [0, 0.1) is 5.92 Å². The highest BCUT2D eigenvalue weighted by Gasteiger charge is 2.42. The Balaban J connectivity index is 1.37. The summed E-state index contributed by atoms with van der Waals surface area (Å²) in [6, 6.07) is 5.58. The van der Waals surface area contributed by atoms with Crippen molar-refractivity contribution in [2.75, 3.05) is 6.79 Å². The summed E-state index contributed by atoms with van der Waals surface area (Å²) in [5.41, 5.74) is 1.79. The second kappa shape index (κ2) is 7.08. The van der Waals surface area contributed by atoms with Crippen molar-refractivity contribution in [1.29, 1.82) is 0 Å². The molecule has 1 N–H and O–H groups in total. The van der Waals surface area contributed by atoms with Gasteiger partial charge in [-0.1, -0.05) is 6.42 Å². The lowest BCUT2D eigenvalue weighted by Crippen LogP contribution is -2.38. The normalized spacial score (nSPS) is 22.6. The summed E-state index contributed by atoms with van der Waals surface area (Å²) in [6.07, 6.45) is -2.30. The van der Waals surface area contributed by atoms with Crippen molar-refractivity contribution < 1.29 is 22.6 Å². The Bertz CT molecular complexity index is 778. The van der Waals surface area contributed by atoms with E-state index in [9.17, 15) is 13.2 Å². The van der Waals surface area contributed by atoms with Crippen LogP contribution in [-0.4, -0.2) is 24.0 Å². The summed E-state index contributed by atoms with van der Waals surface area (Å²) in [5.74, 6) is 0.245. The number of halogens is 3. The maximum absolute atomic E-state index is 12.9. The van der Waals surface area contributed by atoms with Crippen molar-refractivity contribution in [2.24, 2.45) is 5.92 Å². The molecular formula is C18H19F3N2O2S. The summed E-state index contributed by atoms with van der Waals surface area (Å²) in [5, 5.41) is 6.05. The van der Waals surface area contributed by atoms with Crippen LogP contribution in [0.25, 0.3) is 10.6 Å². The highest BCUT2D eigenvalue weighted by molar-refractivity contribution is 7.13. The Morgan fingerprint density at radius 2 is 2.04 bits per heavy atom. The average molecular weight is 384 g/mol. The molecule has 1 saturated carbocycles. The summed E-state index contributed by atoms with van der Waals surface area (Å²) < 4.78 is 49.4. The molecule has 1 aliphatic carbocycles. The van der Waals surface area contributed by atoms with Crippen molar-refractivity contribution in [2.45, 2.75) is 44.4 Å². The van der Waals surface area contributed by atoms with E-state index in [0.717, 1.165) is 28.4 Å². The molecule has 1 aromatic heterocycles. The van der Waals surface area contributed by atoms with E-state index in [2.05, 4.69) is 10.3 Å². The van der Waals surface area contributed by atoms with Gasteiger partial charge in [0.1, 0.15) is 5.01 Å². The van der Waals surface area contributed by atoms with E-state index in [4.69, 9.17) is 9.47 Å². The highest BCUT2D eigenvalue weighted by atomic mass is 32.1. The van der Waals surface area contributed by atoms with Gasteiger partial charge in [0.15, 0.2) is 11.5 Å². The number of rotatable bonds is 4. The smallest absolute Gasteiger partial charge is 0.391 e. The standard InChI is InChI=1S/C18H19F3N2O2S/c19-18(20,21)12-2-1-3-13(7-12)22-8-14-9-26-17(23-14)11-4-5-15-16(6-11)25-10-24-15/h4-6,9,12-13,22H,1-3,7-8,10H2. The van der Waals surface area contributed by atoms with Crippen molar-refractivity contribution in [3.05, 3.63) is 29.3 Å². The number of alkyl halides is 3. The van der Waals surface area contributed by atoms with Gasteiger partial charge in [-0.15, -0.1) is 11.3 Å². The molecule has 2 unspecified atom stereocenters. The molecule has 2 atom stereocenters. The van der Waals surface area contributed by atoms with Crippen LogP contribution in [0.1, 0.15) is 31.4 Å². The number of aromatic nitrogens is 1. The van der Waals surface area contributed by atoms with E-state index < -0.39 is 12.1 Å². The highest BCUT2D eigenvalue weighted by Crippen LogP contribution is 2.38. The van der Waals surface area contributed by atoms with Gasteiger partial charge in [-0.2, -0.15) is 13.2 Å². The summed E-state index contributed by atoms with van der Waals surface area (Å²) in [7, 11) is 0. The van der Waals surface area contributed by atoms with Crippen LogP contribution in [0.4, 0.5) is 13.2 Å². The zero-order valence-corrected chi connectivity index (χ0v) is 14.8. The first-order valence-electron chi connectivity index (χ1n) is 8.63. The third kappa shape index (κ3) is 3.81. The molecule has 1 aromatic carbocycles. The van der Waals surface area contributed by atoms with Gasteiger partial charge in [-0.3, -0.25) is 0 Å². The quantitative estimate of drug-likeness (QED) is 0.826. The van der Waals surface area contributed by atoms with E-state index in [-0.39, 0.29) is 25.7 Å². The van der Waals surface area contributed by atoms with Crippen LogP contribution in [0.15, 0.2) is 23.6 Å². The molecule has 4 rings (SSSR count). The number of thiazole rings is 1. The van der Waals surface area contributed by atoms with Gasteiger partial charge < -0.3 is 14.8 Å². The third-order valence-corrected chi connectivity index (χ3v) is 5.82. The van der Waals surface area contributed by atoms with Crippen LogP contribution >= 0.6 is 11.3 Å². The third-order valence-electron chi connectivity index (χ3n) is 4.88. The lowest BCUT2D eigenvalue weighted by atomic mass is 9.85. The first-order chi connectivity index (χ1) is 12.5. The molecule has 140 valence electrons. The SMILES string of the molecule is FC(F)(F)C1CCCC(NCc2csc(-c3ccc4c(c3)OCO4)n2)C1. The number of hydrogen-bond donors (Lipinski definition) is 1. The zero-order valence-electron chi connectivity index (χ0n) is 14.0. The topological polar surface area (TPSA) is 43.4 Å². The van der Waals surface area contributed by atoms with E-state index in [1.54, 1.807) is 0 Å². The maximum Gasteiger partial charge on any atom is 0.391 e. The minimum absolute atomic E-state index is 0.105. The monoisotopic (exact) mass is 384 g/mol. The van der Waals surface area contributed by atoms with E-state index >= 15 is 0 Å². The van der Waals surface area contributed by atoms with Crippen molar-refractivity contribution >= 4 is 11.3 Å². The lowest BCUT2D eigenvalue weighted by molar-refractivity contribution is -0.183. The number of benzene rings is 1. The molecule has 2 aliphatic rings. The molecule has 8 heteroatoms. The number of fused-ring (bicyclic) bond motifs is 1. The predicted octanol–water partition coefficient (Wildman–Crippen LogP) is 4.75. The molecule has 1 aliphatic heterocycles. The van der Waals surface area contributed by atoms with Gasteiger partial charge in [0, 0.05) is 23.5 Å². The van der Waals surface area contributed by atoms with Crippen LogP contribution in [0.3, 0.4) is 0 Å². The second-order valence-corrected chi connectivity index (χ2v) is 7.55. The van der Waals surface area contributed by atoms with E-state index in [0.29, 0.717) is 18.7 Å². The minimum atomic E-state index is -4.09. The maximum atomic E-state index is 12.9. The van der Waals surface area contributed by atoms with Gasteiger partial charge in [0.05, 0.1) is 11.6 Å². The molecule has 0 amide bonds. The first-order valence-corrected chi connectivity index (χ1v) is 9.51. The molecule has 0 spiro atoms. The molecule has 4 nitrogen and oxygen atoms in total. The predicted molar refractivity (Wildman–Crippen MR) is 92.3 cm³/mol. The molecule has 2 aromatic rings. The Hall–Kier alpha value is -1.80. The molecule has 26 heavy (non-hydrogen) atoms. The number of nitrogens with zero attached hydrogens (tertiary/aromatic N) is 1. The van der Waals surface area contributed by atoms with Crippen LogP contribution in [0.2, 0.25) is 0 Å². The molecule has 0 saturated heterocycles. The van der Waals surface area contributed by atoms with Crippen molar-refractivity contribution in [3.63, 3.8) is 0 Å². The minimum Gasteiger partial charge on any atom is -0.454 e. The van der Waals surface area contributed by atoms with Gasteiger partial charge in [0.25, 0.3) is 0 Å². The van der Waals surface area contributed by atoms with Gasteiger partial charge in [-0.25, -0.2) is 4.98 Å². The lowest BCUT2D eigenvalue weighted by Gasteiger charge is -2.31. The molecule has 0 bridgehead atoms. The number of nitrogens with one attached hydrogen (secondary N) is 1.